The maximum absolute atomic E-state index is 12.9. The Morgan fingerprint density at radius 2 is 2.09 bits per heavy atom. The van der Waals surface area contributed by atoms with E-state index in [1.807, 2.05) is 0 Å². The molecule has 0 bridgehead atoms. The van der Waals surface area contributed by atoms with E-state index < -0.39 is 23.8 Å². The average Bonchev–Trinajstić information content (AvgIpc) is 3.31. The van der Waals surface area contributed by atoms with Crippen LogP contribution in [0.5, 0.6) is 0 Å². The molecule has 1 fully saturated rings. The number of rotatable bonds is 6. The number of benzene rings is 1. The quantitative estimate of drug-likeness (QED) is 0.872. The van der Waals surface area contributed by atoms with Crippen LogP contribution in [0.15, 0.2) is 24.3 Å². The van der Waals surface area contributed by atoms with Gasteiger partial charge < -0.3 is 15.4 Å². The molecular formula is C16H21F3N2O2. The van der Waals surface area contributed by atoms with Gasteiger partial charge in [-0.15, -0.1) is 0 Å². The highest BCUT2D eigenvalue weighted by Crippen LogP contribution is 2.36. The van der Waals surface area contributed by atoms with Gasteiger partial charge in [-0.05, 0) is 37.5 Å². The van der Waals surface area contributed by atoms with Gasteiger partial charge in [0.2, 0.25) is 5.91 Å². The number of halogens is 3. The molecule has 1 amide bonds. The molecule has 2 unspecified atom stereocenters. The Hall–Kier alpha value is -1.60. The molecule has 0 radical (unpaired) electrons. The van der Waals surface area contributed by atoms with Crippen LogP contribution in [-0.2, 0) is 15.7 Å². The van der Waals surface area contributed by atoms with Gasteiger partial charge in [-0.1, -0.05) is 12.1 Å². The largest absolute Gasteiger partial charge is 0.416 e. The van der Waals surface area contributed by atoms with Crippen molar-refractivity contribution in [3.8, 4) is 0 Å². The summed E-state index contributed by atoms with van der Waals surface area (Å²) >= 11 is 0. The van der Waals surface area contributed by atoms with Crippen LogP contribution in [-0.4, -0.2) is 36.6 Å². The molecular weight excluding hydrogens is 309 g/mol. The molecule has 1 aromatic carbocycles. The average molecular weight is 330 g/mol. The summed E-state index contributed by atoms with van der Waals surface area (Å²) in [7, 11) is 1.45. The Morgan fingerprint density at radius 1 is 1.43 bits per heavy atom. The molecule has 2 rings (SSSR count). The smallest absolute Gasteiger partial charge is 0.383 e. The van der Waals surface area contributed by atoms with Crippen molar-refractivity contribution in [2.75, 3.05) is 13.7 Å². The van der Waals surface area contributed by atoms with Gasteiger partial charge in [-0.3, -0.25) is 4.79 Å². The Labute approximate surface area is 133 Å². The van der Waals surface area contributed by atoms with Gasteiger partial charge in [0.25, 0.3) is 0 Å². The van der Waals surface area contributed by atoms with E-state index in [9.17, 15) is 18.0 Å². The van der Waals surface area contributed by atoms with Gasteiger partial charge >= 0.3 is 6.18 Å². The zero-order valence-corrected chi connectivity index (χ0v) is 13.1. The minimum absolute atomic E-state index is 0.0370. The molecule has 23 heavy (non-hydrogen) atoms. The number of nitrogens with zero attached hydrogens (tertiary/aromatic N) is 1. The summed E-state index contributed by atoms with van der Waals surface area (Å²) in [6.07, 6.45) is -2.72. The Bertz CT molecular complexity index is 559. The first-order chi connectivity index (χ1) is 10.8. The molecule has 0 aliphatic heterocycles. The number of nitrogens with two attached hydrogens (primary N) is 1. The first-order valence-electron chi connectivity index (χ1n) is 7.49. The summed E-state index contributed by atoms with van der Waals surface area (Å²) in [5, 5.41) is 0. The Morgan fingerprint density at radius 3 is 2.61 bits per heavy atom. The standard InChI is InChI=1S/C16H21F3N2O2/c1-10(11-4-3-5-12(8-11)16(17,18)19)21(13-6-7-13)15(22)14(20)9-23-2/h3-5,8,10,13-14H,6-7,9,20H2,1-2H3. The second-order valence-corrected chi connectivity index (χ2v) is 5.84. The van der Waals surface area contributed by atoms with Crippen molar-refractivity contribution in [1.82, 2.24) is 4.90 Å². The summed E-state index contributed by atoms with van der Waals surface area (Å²) in [4.78, 5) is 14.1. The molecule has 1 aromatic rings. The predicted octanol–water partition coefficient (Wildman–Crippen LogP) is 2.73. The number of amides is 1. The van der Waals surface area contributed by atoms with E-state index in [1.54, 1.807) is 17.9 Å². The van der Waals surface area contributed by atoms with Crippen LogP contribution in [0.2, 0.25) is 0 Å². The minimum atomic E-state index is -4.41. The zero-order valence-electron chi connectivity index (χ0n) is 13.1. The van der Waals surface area contributed by atoms with Crippen LogP contribution in [0.3, 0.4) is 0 Å². The molecule has 1 saturated carbocycles. The highest BCUT2D eigenvalue weighted by atomic mass is 19.4. The lowest BCUT2D eigenvalue weighted by molar-refractivity contribution is -0.137. The number of carbonyl (C=O) groups excluding carboxylic acids is 1. The fourth-order valence-electron chi connectivity index (χ4n) is 2.62. The van der Waals surface area contributed by atoms with Crippen molar-refractivity contribution in [3.63, 3.8) is 0 Å². The van der Waals surface area contributed by atoms with Crippen molar-refractivity contribution in [1.29, 1.82) is 0 Å². The number of hydrogen-bond donors (Lipinski definition) is 1. The van der Waals surface area contributed by atoms with E-state index in [-0.39, 0.29) is 18.6 Å². The minimum Gasteiger partial charge on any atom is -0.383 e. The lowest BCUT2D eigenvalue weighted by atomic mass is 10.0. The second-order valence-electron chi connectivity index (χ2n) is 5.84. The van der Waals surface area contributed by atoms with E-state index in [0.717, 1.165) is 25.0 Å². The van der Waals surface area contributed by atoms with E-state index >= 15 is 0 Å². The third-order valence-electron chi connectivity index (χ3n) is 3.97. The highest BCUT2D eigenvalue weighted by molar-refractivity contribution is 5.82. The van der Waals surface area contributed by atoms with Gasteiger partial charge in [-0.25, -0.2) is 0 Å². The van der Waals surface area contributed by atoms with Crippen LogP contribution in [0.4, 0.5) is 13.2 Å². The lowest BCUT2D eigenvalue weighted by Crippen LogP contribution is -2.48. The molecule has 7 heteroatoms. The zero-order chi connectivity index (χ0) is 17.2. The van der Waals surface area contributed by atoms with Crippen LogP contribution in [0, 0.1) is 0 Å². The van der Waals surface area contributed by atoms with Gasteiger partial charge in [0.05, 0.1) is 18.2 Å². The summed E-state index contributed by atoms with van der Waals surface area (Å²) in [5.41, 5.74) is 5.55. The number of hydrogen-bond acceptors (Lipinski definition) is 3. The topological polar surface area (TPSA) is 55.6 Å². The number of ether oxygens (including phenoxy) is 1. The van der Waals surface area contributed by atoms with Gasteiger partial charge in [0.15, 0.2) is 0 Å². The van der Waals surface area contributed by atoms with Gasteiger partial charge in [0, 0.05) is 13.2 Å². The van der Waals surface area contributed by atoms with E-state index in [4.69, 9.17) is 10.5 Å². The maximum Gasteiger partial charge on any atom is 0.416 e. The lowest BCUT2D eigenvalue weighted by Gasteiger charge is -2.32. The second kappa shape index (κ2) is 6.88. The van der Waals surface area contributed by atoms with Crippen molar-refractivity contribution < 1.29 is 22.7 Å². The summed E-state index contributed by atoms with van der Waals surface area (Å²) in [6.45, 7) is 1.81. The molecule has 0 aromatic heterocycles. The highest BCUT2D eigenvalue weighted by Gasteiger charge is 2.39. The molecule has 0 saturated heterocycles. The molecule has 0 spiro atoms. The summed E-state index contributed by atoms with van der Waals surface area (Å²) < 4.78 is 43.5. The third kappa shape index (κ3) is 4.23. The van der Waals surface area contributed by atoms with Crippen molar-refractivity contribution >= 4 is 5.91 Å². The molecule has 1 aliphatic carbocycles. The molecule has 4 nitrogen and oxygen atoms in total. The first-order valence-corrected chi connectivity index (χ1v) is 7.49. The van der Waals surface area contributed by atoms with E-state index in [0.29, 0.717) is 5.56 Å². The Kier molecular flexibility index (Phi) is 5.31. The van der Waals surface area contributed by atoms with Crippen LogP contribution < -0.4 is 5.73 Å². The summed E-state index contributed by atoms with van der Waals surface area (Å²) in [5.74, 6) is -0.292. The monoisotopic (exact) mass is 330 g/mol. The predicted molar refractivity (Wildman–Crippen MR) is 79.6 cm³/mol. The molecule has 2 N–H and O–H groups in total. The van der Waals surface area contributed by atoms with Gasteiger partial charge in [-0.2, -0.15) is 13.2 Å². The number of carbonyl (C=O) groups is 1. The van der Waals surface area contributed by atoms with Crippen molar-refractivity contribution in [3.05, 3.63) is 35.4 Å². The molecule has 0 heterocycles. The number of alkyl halides is 3. The maximum atomic E-state index is 12.9. The first kappa shape index (κ1) is 17.7. The third-order valence-corrected chi connectivity index (χ3v) is 3.97. The molecule has 2 atom stereocenters. The SMILES string of the molecule is COCC(N)C(=O)N(C1CC1)C(C)c1cccc(C(F)(F)F)c1. The van der Waals surface area contributed by atoms with E-state index in [1.165, 1.54) is 13.2 Å². The van der Waals surface area contributed by atoms with Crippen LogP contribution in [0.1, 0.15) is 36.9 Å². The normalized spacial score (nSPS) is 17.7. The summed E-state index contributed by atoms with van der Waals surface area (Å²) in [6, 6.07) is 3.83. The molecule has 128 valence electrons. The fourth-order valence-corrected chi connectivity index (χ4v) is 2.62. The van der Waals surface area contributed by atoms with Crippen molar-refractivity contribution in [2.24, 2.45) is 5.73 Å². The van der Waals surface area contributed by atoms with Crippen molar-refractivity contribution in [2.45, 2.75) is 44.1 Å². The number of methoxy groups -OCH3 is 1. The van der Waals surface area contributed by atoms with Crippen LogP contribution in [0.25, 0.3) is 0 Å². The molecule has 1 aliphatic rings. The van der Waals surface area contributed by atoms with E-state index in [2.05, 4.69) is 0 Å². The fraction of sp³-hybridized carbons (Fsp3) is 0.562. The van der Waals surface area contributed by atoms with Crippen LogP contribution >= 0.6 is 0 Å². The van der Waals surface area contributed by atoms with Gasteiger partial charge in [0.1, 0.15) is 6.04 Å². The Balaban J connectivity index is 2.25.